The second-order valence-electron chi connectivity index (χ2n) is 13.1. The van der Waals surface area contributed by atoms with E-state index in [9.17, 15) is 22.0 Å². The van der Waals surface area contributed by atoms with Gasteiger partial charge in [-0.25, -0.2) is 17.6 Å². The lowest BCUT2D eigenvalue weighted by atomic mass is 9.68. The van der Waals surface area contributed by atoms with E-state index >= 15 is 4.39 Å². The molecule has 1 saturated heterocycles. The molecule has 2 aromatic rings. The Kier molecular flexibility index (Phi) is 11.6. The zero-order chi connectivity index (χ0) is 32.0. The summed E-state index contributed by atoms with van der Waals surface area (Å²) in [7, 11) is 0. The Morgan fingerprint density at radius 2 is 1.44 bits per heavy atom. The van der Waals surface area contributed by atoms with Gasteiger partial charge >= 0.3 is 6.11 Å². The zero-order valence-corrected chi connectivity index (χ0v) is 25.9. The average Bonchev–Trinajstić information content (AvgIpc) is 3.03. The fourth-order valence-corrected chi connectivity index (χ4v) is 7.52. The third-order valence-corrected chi connectivity index (χ3v) is 10.1. The lowest BCUT2D eigenvalue weighted by molar-refractivity contribution is -0.224. The quantitative estimate of drug-likeness (QED) is 0.181. The zero-order valence-electron chi connectivity index (χ0n) is 25.9. The maximum Gasteiger partial charge on any atom is 0.400 e. The Morgan fingerprint density at radius 3 is 2.02 bits per heavy atom. The Balaban J connectivity index is 1.08. The topological polar surface area (TPSA) is 27.7 Å². The summed E-state index contributed by atoms with van der Waals surface area (Å²) in [5.74, 6) is -3.08. The Labute approximate surface area is 262 Å². The van der Waals surface area contributed by atoms with Gasteiger partial charge in [0.1, 0.15) is 23.2 Å². The van der Waals surface area contributed by atoms with E-state index in [1.165, 1.54) is 19.3 Å². The number of alkyl halides is 2. The second-order valence-corrected chi connectivity index (χ2v) is 13.1. The Hall–Kier alpha value is -2.52. The number of halogens is 6. The summed E-state index contributed by atoms with van der Waals surface area (Å²) < 4.78 is 102. The largest absolute Gasteiger partial charge is 0.432 e. The standard InChI is InChI=1S/C36H44F6O3/c1-2-3-4-5-23-21-43-35(44-22-23)27-12-15-30(32(38)18-27)26-8-6-24(7-9-26)25-10-13-28(14-11-25)36(41,42)45-29-19-33(39)31(16-17-37)34(40)20-29/h12,15-20,23-26,28,35H,2-11,13-14,21-22H2,1H3. The van der Waals surface area contributed by atoms with Gasteiger partial charge in [-0.1, -0.05) is 38.3 Å². The van der Waals surface area contributed by atoms with Crippen LogP contribution in [0.15, 0.2) is 36.7 Å². The highest BCUT2D eigenvalue weighted by Crippen LogP contribution is 2.47. The maximum atomic E-state index is 15.3. The molecule has 0 N–H and O–H groups in total. The van der Waals surface area contributed by atoms with Gasteiger partial charge in [-0.05, 0) is 93.2 Å². The molecule has 2 saturated carbocycles. The van der Waals surface area contributed by atoms with Crippen molar-refractivity contribution >= 4 is 6.08 Å². The fourth-order valence-electron chi connectivity index (χ4n) is 7.52. The van der Waals surface area contributed by atoms with Crippen LogP contribution in [0.4, 0.5) is 26.3 Å². The van der Waals surface area contributed by atoms with Crippen molar-refractivity contribution in [2.75, 3.05) is 13.2 Å². The average molecular weight is 639 g/mol. The first-order chi connectivity index (χ1) is 21.7. The van der Waals surface area contributed by atoms with E-state index in [4.69, 9.17) is 14.2 Å². The number of hydrogen-bond acceptors (Lipinski definition) is 3. The molecule has 5 rings (SSSR count). The van der Waals surface area contributed by atoms with E-state index in [0.717, 1.165) is 32.1 Å². The van der Waals surface area contributed by atoms with E-state index in [1.54, 1.807) is 6.07 Å². The molecule has 45 heavy (non-hydrogen) atoms. The van der Waals surface area contributed by atoms with Crippen molar-refractivity contribution in [2.45, 2.75) is 102 Å². The molecule has 0 amide bonds. The smallest absolute Gasteiger partial charge is 0.400 e. The molecular weight excluding hydrogens is 594 g/mol. The summed E-state index contributed by atoms with van der Waals surface area (Å²) in [6, 6.07) is 6.62. The van der Waals surface area contributed by atoms with Crippen LogP contribution in [0.3, 0.4) is 0 Å². The van der Waals surface area contributed by atoms with Crippen LogP contribution in [0, 0.1) is 41.1 Å². The third kappa shape index (κ3) is 8.45. The minimum absolute atomic E-state index is 0.0242. The molecule has 0 bridgehead atoms. The number of hydrogen-bond donors (Lipinski definition) is 0. The van der Waals surface area contributed by atoms with E-state index in [0.29, 0.717) is 73.1 Å². The van der Waals surface area contributed by atoms with Gasteiger partial charge in [0.25, 0.3) is 0 Å². The normalized spacial score (nSPS) is 28.0. The molecule has 3 fully saturated rings. The van der Waals surface area contributed by atoms with Crippen molar-refractivity contribution in [3.63, 3.8) is 0 Å². The van der Waals surface area contributed by atoms with Crippen LogP contribution in [0.5, 0.6) is 5.75 Å². The van der Waals surface area contributed by atoms with Crippen LogP contribution in [0.25, 0.3) is 6.08 Å². The van der Waals surface area contributed by atoms with Crippen molar-refractivity contribution in [3.05, 3.63) is 70.8 Å². The number of benzene rings is 2. The van der Waals surface area contributed by atoms with Gasteiger partial charge in [-0.15, -0.1) is 0 Å². The van der Waals surface area contributed by atoms with E-state index in [1.807, 2.05) is 12.1 Å². The van der Waals surface area contributed by atoms with E-state index in [-0.39, 0.29) is 30.9 Å². The minimum Gasteiger partial charge on any atom is -0.432 e. The first-order valence-electron chi connectivity index (χ1n) is 16.5. The fraction of sp³-hybridized carbons (Fsp3) is 0.611. The summed E-state index contributed by atoms with van der Waals surface area (Å²) in [5, 5.41) is 0. The number of ether oxygens (including phenoxy) is 3. The third-order valence-electron chi connectivity index (χ3n) is 10.1. The molecule has 2 aliphatic carbocycles. The van der Waals surface area contributed by atoms with Gasteiger partial charge in [0.2, 0.25) is 0 Å². The SMILES string of the molecule is CCCCCC1COC(c2ccc(C3CCC(C4CCC(C(F)(F)Oc5cc(F)c(C=CF)c(F)c5)CC4)CC3)c(F)c2)OC1. The van der Waals surface area contributed by atoms with Crippen LogP contribution in [0.1, 0.15) is 113 Å². The van der Waals surface area contributed by atoms with Gasteiger partial charge in [0.05, 0.1) is 25.5 Å². The van der Waals surface area contributed by atoms with Gasteiger partial charge in [0, 0.05) is 29.2 Å². The monoisotopic (exact) mass is 638 g/mol. The van der Waals surface area contributed by atoms with Crippen LogP contribution < -0.4 is 4.74 Å². The highest BCUT2D eigenvalue weighted by Gasteiger charge is 2.45. The molecule has 2 aromatic carbocycles. The van der Waals surface area contributed by atoms with Gasteiger partial charge in [0.15, 0.2) is 6.29 Å². The summed E-state index contributed by atoms with van der Waals surface area (Å²) >= 11 is 0. The Bertz CT molecular complexity index is 1250. The molecule has 1 aliphatic heterocycles. The van der Waals surface area contributed by atoms with Crippen LogP contribution in [0.2, 0.25) is 0 Å². The van der Waals surface area contributed by atoms with Crippen molar-refractivity contribution in [1.29, 1.82) is 0 Å². The minimum atomic E-state index is -3.59. The molecule has 0 unspecified atom stereocenters. The molecule has 3 nitrogen and oxygen atoms in total. The lowest BCUT2D eigenvalue weighted by Crippen LogP contribution is -2.38. The van der Waals surface area contributed by atoms with E-state index in [2.05, 4.69) is 6.92 Å². The first-order valence-corrected chi connectivity index (χ1v) is 16.5. The molecule has 0 aromatic heterocycles. The maximum absolute atomic E-state index is 15.3. The van der Waals surface area contributed by atoms with Crippen molar-refractivity contribution in [2.24, 2.45) is 23.7 Å². The summed E-state index contributed by atoms with van der Waals surface area (Å²) in [6.45, 7) is 3.44. The highest BCUT2D eigenvalue weighted by molar-refractivity contribution is 5.51. The molecule has 3 aliphatic rings. The van der Waals surface area contributed by atoms with Crippen molar-refractivity contribution in [3.8, 4) is 5.75 Å². The number of rotatable bonds is 11. The van der Waals surface area contributed by atoms with Crippen LogP contribution in [-0.4, -0.2) is 19.3 Å². The summed E-state index contributed by atoms with van der Waals surface area (Å²) in [4.78, 5) is 0. The molecule has 0 atom stereocenters. The van der Waals surface area contributed by atoms with Crippen LogP contribution >= 0.6 is 0 Å². The van der Waals surface area contributed by atoms with Gasteiger partial charge in [-0.2, -0.15) is 8.78 Å². The predicted octanol–water partition coefficient (Wildman–Crippen LogP) is 11.0. The van der Waals surface area contributed by atoms with Crippen molar-refractivity contribution < 1.29 is 40.6 Å². The molecule has 0 spiro atoms. The first kappa shape index (κ1) is 33.8. The van der Waals surface area contributed by atoms with E-state index < -0.39 is 41.3 Å². The Morgan fingerprint density at radius 1 is 0.822 bits per heavy atom. The molecule has 248 valence electrons. The van der Waals surface area contributed by atoms with Crippen molar-refractivity contribution in [1.82, 2.24) is 0 Å². The predicted molar refractivity (Wildman–Crippen MR) is 161 cm³/mol. The van der Waals surface area contributed by atoms with Crippen LogP contribution in [-0.2, 0) is 9.47 Å². The molecule has 1 heterocycles. The summed E-state index contributed by atoms with van der Waals surface area (Å²) in [5.41, 5.74) is 0.765. The number of unbranched alkanes of at least 4 members (excludes halogenated alkanes) is 2. The molecule has 9 heteroatoms. The molecular formula is C36H44F6O3. The molecule has 0 radical (unpaired) electrons. The lowest BCUT2D eigenvalue weighted by Gasteiger charge is -2.39. The highest BCUT2D eigenvalue weighted by atomic mass is 19.3. The van der Waals surface area contributed by atoms with Gasteiger partial charge in [-0.3, -0.25) is 0 Å². The van der Waals surface area contributed by atoms with Gasteiger partial charge < -0.3 is 14.2 Å². The summed E-state index contributed by atoms with van der Waals surface area (Å²) in [6.07, 6.45) is 6.32. The second kappa shape index (κ2) is 15.4.